The average Bonchev–Trinajstić information content (AvgIpc) is 2.35. The Labute approximate surface area is 118 Å². The third kappa shape index (κ3) is 2.94. The van der Waals surface area contributed by atoms with Gasteiger partial charge in [0.25, 0.3) is 0 Å². The lowest BCUT2D eigenvalue weighted by molar-refractivity contribution is 0.469. The van der Waals surface area contributed by atoms with E-state index in [0.717, 1.165) is 5.69 Å². The number of halogens is 3. The molecule has 0 atom stereocenters. The molecule has 0 aliphatic heterocycles. The lowest BCUT2D eigenvalue weighted by Gasteiger charge is -2.09. The summed E-state index contributed by atoms with van der Waals surface area (Å²) in [5.41, 5.74) is 1.44. The van der Waals surface area contributed by atoms with E-state index in [2.05, 4.69) is 21.2 Å². The van der Waals surface area contributed by atoms with Crippen LogP contribution in [0.1, 0.15) is 5.56 Å². The van der Waals surface area contributed by atoms with Crippen LogP contribution in [0.25, 0.3) is 0 Å². The van der Waals surface area contributed by atoms with Crippen LogP contribution in [0.4, 0.5) is 10.1 Å². The van der Waals surface area contributed by atoms with Crippen molar-refractivity contribution in [2.75, 3.05) is 5.32 Å². The van der Waals surface area contributed by atoms with Gasteiger partial charge in [-0.15, -0.1) is 0 Å². The zero-order valence-electron chi connectivity index (χ0n) is 9.25. The Morgan fingerprint density at radius 3 is 2.78 bits per heavy atom. The van der Waals surface area contributed by atoms with Gasteiger partial charge in [-0.1, -0.05) is 23.7 Å². The quantitative estimate of drug-likeness (QED) is 0.864. The molecule has 0 heterocycles. The smallest absolute Gasteiger partial charge is 0.139 e. The predicted octanol–water partition coefficient (Wildman–Crippen LogP) is 4.56. The number of phenolic OH excluding ortho intramolecular Hbond substituents is 1. The van der Waals surface area contributed by atoms with Crippen molar-refractivity contribution < 1.29 is 9.50 Å². The van der Waals surface area contributed by atoms with E-state index in [9.17, 15) is 9.50 Å². The molecular formula is C13H10BrClFNO. The summed E-state index contributed by atoms with van der Waals surface area (Å²) in [6, 6.07) is 9.78. The second kappa shape index (κ2) is 5.59. The van der Waals surface area contributed by atoms with Crippen LogP contribution in [0.2, 0.25) is 5.02 Å². The first-order chi connectivity index (χ1) is 8.58. The number of hydrogen-bond acceptors (Lipinski definition) is 2. The van der Waals surface area contributed by atoms with E-state index in [0.29, 0.717) is 21.6 Å². The van der Waals surface area contributed by atoms with Gasteiger partial charge >= 0.3 is 0 Å². The van der Waals surface area contributed by atoms with Crippen LogP contribution >= 0.6 is 27.5 Å². The Bertz CT molecular complexity index is 577. The van der Waals surface area contributed by atoms with Gasteiger partial charge in [-0.3, -0.25) is 0 Å². The Kier molecular flexibility index (Phi) is 4.09. The second-order valence-electron chi connectivity index (χ2n) is 3.73. The van der Waals surface area contributed by atoms with E-state index >= 15 is 0 Å². The highest BCUT2D eigenvalue weighted by atomic mass is 79.9. The number of rotatable bonds is 3. The van der Waals surface area contributed by atoms with Crippen LogP contribution in [0, 0.1) is 5.82 Å². The maximum absolute atomic E-state index is 13.0. The fraction of sp³-hybridized carbons (Fsp3) is 0.0769. The Morgan fingerprint density at radius 2 is 2.06 bits per heavy atom. The van der Waals surface area contributed by atoms with Crippen molar-refractivity contribution in [2.24, 2.45) is 0 Å². The number of benzene rings is 2. The van der Waals surface area contributed by atoms with Crippen LogP contribution in [-0.4, -0.2) is 5.11 Å². The summed E-state index contributed by atoms with van der Waals surface area (Å²) in [5.74, 6) is -0.251. The lowest BCUT2D eigenvalue weighted by Crippen LogP contribution is -2.00. The first kappa shape index (κ1) is 13.2. The van der Waals surface area contributed by atoms with Crippen molar-refractivity contribution in [2.45, 2.75) is 6.54 Å². The standard InChI is InChI=1S/C13H10BrClFNO/c14-10-6-9(4-5-12(10)16)17-7-8-2-1-3-11(15)13(8)18/h1-6,17-18H,7H2. The van der Waals surface area contributed by atoms with Gasteiger partial charge in [-0.05, 0) is 40.2 Å². The number of hydrogen-bond donors (Lipinski definition) is 2. The van der Waals surface area contributed by atoms with Crippen molar-refractivity contribution in [3.05, 3.63) is 57.3 Å². The molecule has 2 aromatic rings. The van der Waals surface area contributed by atoms with E-state index in [-0.39, 0.29) is 11.6 Å². The summed E-state index contributed by atoms with van der Waals surface area (Å²) in [5, 5.41) is 13.1. The van der Waals surface area contributed by atoms with Crippen LogP contribution < -0.4 is 5.32 Å². The molecule has 18 heavy (non-hydrogen) atoms. The molecule has 0 aromatic heterocycles. The van der Waals surface area contributed by atoms with Crippen molar-refractivity contribution in [1.29, 1.82) is 0 Å². The van der Waals surface area contributed by atoms with Gasteiger partial charge in [0.05, 0.1) is 9.50 Å². The first-order valence-corrected chi connectivity index (χ1v) is 6.40. The third-order valence-corrected chi connectivity index (χ3v) is 3.39. The first-order valence-electron chi connectivity index (χ1n) is 5.23. The zero-order chi connectivity index (χ0) is 13.1. The summed E-state index contributed by atoms with van der Waals surface area (Å²) in [4.78, 5) is 0. The van der Waals surface area contributed by atoms with Crippen LogP contribution in [0.15, 0.2) is 40.9 Å². The molecule has 2 aromatic carbocycles. The molecule has 0 fully saturated rings. The van der Waals surface area contributed by atoms with Crippen molar-refractivity contribution in [3.63, 3.8) is 0 Å². The summed E-state index contributed by atoms with van der Waals surface area (Å²) in [6.07, 6.45) is 0. The molecule has 2 rings (SSSR count). The van der Waals surface area contributed by atoms with E-state index in [4.69, 9.17) is 11.6 Å². The molecule has 0 bridgehead atoms. The molecule has 0 radical (unpaired) electrons. The lowest BCUT2D eigenvalue weighted by atomic mass is 10.2. The van der Waals surface area contributed by atoms with E-state index < -0.39 is 0 Å². The van der Waals surface area contributed by atoms with Crippen molar-refractivity contribution in [3.8, 4) is 5.75 Å². The summed E-state index contributed by atoms with van der Waals surface area (Å²) in [7, 11) is 0. The highest BCUT2D eigenvalue weighted by Gasteiger charge is 2.05. The highest BCUT2D eigenvalue weighted by molar-refractivity contribution is 9.10. The molecule has 0 aliphatic carbocycles. The SMILES string of the molecule is Oc1c(Cl)cccc1CNc1ccc(F)c(Br)c1. The second-order valence-corrected chi connectivity index (χ2v) is 4.99. The minimum absolute atomic E-state index is 0.0628. The van der Waals surface area contributed by atoms with Crippen LogP contribution in [0.5, 0.6) is 5.75 Å². The minimum Gasteiger partial charge on any atom is -0.506 e. The molecule has 0 unspecified atom stereocenters. The van der Waals surface area contributed by atoms with E-state index in [1.165, 1.54) is 6.07 Å². The molecule has 0 aliphatic rings. The van der Waals surface area contributed by atoms with Gasteiger partial charge in [-0.25, -0.2) is 4.39 Å². The summed E-state index contributed by atoms with van der Waals surface area (Å²) >= 11 is 8.92. The summed E-state index contributed by atoms with van der Waals surface area (Å²) < 4.78 is 13.4. The maximum Gasteiger partial charge on any atom is 0.139 e. The van der Waals surface area contributed by atoms with Gasteiger partial charge in [0, 0.05) is 17.8 Å². The largest absolute Gasteiger partial charge is 0.506 e. The Hall–Kier alpha value is -1.26. The van der Waals surface area contributed by atoms with Gasteiger partial charge < -0.3 is 10.4 Å². The molecule has 94 valence electrons. The highest BCUT2D eigenvalue weighted by Crippen LogP contribution is 2.28. The fourth-order valence-electron chi connectivity index (χ4n) is 1.51. The number of nitrogens with one attached hydrogen (secondary N) is 1. The van der Waals surface area contributed by atoms with Crippen LogP contribution in [-0.2, 0) is 6.54 Å². The molecule has 2 nitrogen and oxygen atoms in total. The Morgan fingerprint density at radius 1 is 1.28 bits per heavy atom. The van der Waals surface area contributed by atoms with E-state index in [1.54, 1.807) is 30.3 Å². The predicted molar refractivity (Wildman–Crippen MR) is 74.5 cm³/mol. The van der Waals surface area contributed by atoms with Crippen molar-refractivity contribution >= 4 is 33.2 Å². The monoisotopic (exact) mass is 329 g/mol. The number of para-hydroxylation sites is 1. The van der Waals surface area contributed by atoms with Gasteiger partial charge in [0.15, 0.2) is 0 Å². The molecule has 0 amide bonds. The topological polar surface area (TPSA) is 32.3 Å². The normalized spacial score (nSPS) is 10.4. The molecule has 2 N–H and O–H groups in total. The van der Waals surface area contributed by atoms with Gasteiger partial charge in [0.1, 0.15) is 11.6 Å². The molecular weight excluding hydrogens is 321 g/mol. The van der Waals surface area contributed by atoms with Crippen LogP contribution in [0.3, 0.4) is 0 Å². The molecule has 0 spiro atoms. The summed E-state index contributed by atoms with van der Waals surface area (Å²) in [6.45, 7) is 0.407. The Balaban J connectivity index is 2.11. The molecule has 0 saturated carbocycles. The molecule has 0 saturated heterocycles. The zero-order valence-corrected chi connectivity index (χ0v) is 11.6. The number of aromatic hydroxyl groups is 1. The molecule has 5 heteroatoms. The third-order valence-electron chi connectivity index (χ3n) is 2.47. The van der Waals surface area contributed by atoms with E-state index in [1.807, 2.05) is 0 Å². The fourth-order valence-corrected chi connectivity index (χ4v) is 2.08. The maximum atomic E-state index is 13.0. The number of phenols is 1. The minimum atomic E-state index is -0.314. The van der Waals surface area contributed by atoms with Gasteiger partial charge in [0.2, 0.25) is 0 Å². The average molecular weight is 331 g/mol. The number of anilines is 1. The van der Waals surface area contributed by atoms with Gasteiger partial charge in [-0.2, -0.15) is 0 Å². The van der Waals surface area contributed by atoms with Crippen molar-refractivity contribution in [1.82, 2.24) is 0 Å².